The fourth-order valence-electron chi connectivity index (χ4n) is 1.84. The van der Waals surface area contributed by atoms with E-state index < -0.39 is 15.8 Å². The summed E-state index contributed by atoms with van der Waals surface area (Å²) in [5.74, 6) is -0.585. The van der Waals surface area contributed by atoms with E-state index >= 15 is 0 Å². The largest absolute Gasteiger partial charge is 0.417 e. The molecular formula is C13H9BrN2O4S. The first-order valence-corrected chi connectivity index (χ1v) is 8.13. The van der Waals surface area contributed by atoms with E-state index in [4.69, 9.17) is 4.42 Å². The van der Waals surface area contributed by atoms with Crippen molar-refractivity contribution in [1.29, 1.82) is 0 Å². The molecule has 0 amide bonds. The van der Waals surface area contributed by atoms with Gasteiger partial charge in [0.2, 0.25) is 0 Å². The Bertz CT molecular complexity index is 958. The van der Waals surface area contributed by atoms with E-state index in [9.17, 15) is 13.2 Å². The van der Waals surface area contributed by atoms with Gasteiger partial charge < -0.3 is 4.42 Å². The highest BCUT2D eigenvalue weighted by atomic mass is 79.9. The van der Waals surface area contributed by atoms with E-state index in [0.717, 1.165) is 4.47 Å². The average molecular weight is 369 g/mol. The Balaban J connectivity index is 1.96. The first kappa shape index (κ1) is 13.9. The van der Waals surface area contributed by atoms with Crippen molar-refractivity contribution in [2.75, 3.05) is 4.72 Å². The quantitative estimate of drug-likeness (QED) is 0.743. The lowest BCUT2D eigenvalue weighted by Crippen LogP contribution is -2.12. The lowest BCUT2D eigenvalue weighted by atomic mass is 10.3. The van der Waals surface area contributed by atoms with Crippen LogP contribution in [-0.4, -0.2) is 13.4 Å². The predicted octanol–water partition coefficient (Wildman–Crippen LogP) is 2.68. The molecule has 3 rings (SSSR count). The zero-order valence-electron chi connectivity index (χ0n) is 10.5. The summed E-state index contributed by atoms with van der Waals surface area (Å²) in [6.45, 7) is 0. The molecule has 0 unspecified atom stereocenters. The molecule has 0 spiro atoms. The molecule has 21 heavy (non-hydrogen) atoms. The highest BCUT2D eigenvalue weighted by Gasteiger charge is 2.14. The smallest absolute Gasteiger partial charge is 0.408 e. The lowest BCUT2D eigenvalue weighted by Gasteiger charge is -2.08. The van der Waals surface area contributed by atoms with E-state index in [0.29, 0.717) is 16.8 Å². The zero-order chi connectivity index (χ0) is 15.0. The summed E-state index contributed by atoms with van der Waals surface area (Å²) in [7, 11) is -3.69. The van der Waals surface area contributed by atoms with E-state index in [-0.39, 0.29) is 4.90 Å². The molecule has 0 atom stereocenters. The summed E-state index contributed by atoms with van der Waals surface area (Å²) in [6, 6.07) is 10.8. The molecule has 3 aromatic rings. The van der Waals surface area contributed by atoms with E-state index in [1.54, 1.807) is 12.1 Å². The van der Waals surface area contributed by atoms with Gasteiger partial charge in [0, 0.05) is 4.47 Å². The number of hydrogen-bond acceptors (Lipinski definition) is 4. The van der Waals surface area contributed by atoms with Crippen LogP contribution in [0.4, 0.5) is 5.69 Å². The molecule has 0 saturated carbocycles. The molecule has 2 aromatic carbocycles. The van der Waals surface area contributed by atoms with Crippen molar-refractivity contribution in [2.24, 2.45) is 0 Å². The van der Waals surface area contributed by atoms with Crippen LogP contribution in [0.3, 0.4) is 0 Å². The fourth-order valence-corrected chi connectivity index (χ4v) is 3.16. The minimum Gasteiger partial charge on any atom is -0.408 e. The second-order valence-electron chi connectivity index (χ2n) is 4.28. The summed E-state index contributed by atoms with van der Waals surface area (Å²) in [5.41, 5.74) is 1.13. The van der Waals surface area contributed by atoms with Crippen LogP contribution in [0.25, 0.3) is 11.1 Å². The van der Waals surface area contributed by atoms with Crippen molar-refractivity contribution in [3.05, 3.63) is 57.5 Å². The van der Waals surface area contributed by atoms with Crippen molar-refractivity contribution in [2.45, 2.75) is 4.90 Å². The third-order valence-corrected chi connectivity index (χ3v) is 4.72. The normalized spacial score (nSPS) is 11.7. The first-order chi connectivity index (χ1) is 9.94. The summed E-state index contributed by atoms with van der Waals surface area (Å²) in [4.78, 5) is 13.7. The molecule has 0 aliphatic rings. The maximum Gasteiger partial charge on any atom is 0.417 e. The Morgan fingerprint density at radius 3 is 2.52 bits per heavy atom. The van der Waals surface area contributed by atoms with Crippen molar-refractivity contribution in [3.8, 4) is 0 Å². The summed E-state index contributed by atoms with van der Waals surface area (Å²) >= 11 is 3.25. The molecule has 0 saturated heterocycles. The molecule has 0 bridgehead atoms. The van der Waals surface area contributed by atoms with Crippen LogP contribution in [0.1, 0.15) is 0 Å². The SMILES string of the molecule is O=c1[nH]c2cc(NS(=O)(=O)c3ccc(Br)cc3)ccc2o1. The van der Waals surface area contributed by atoms with Crippen molar-refractivity contribution in [3.63, 3.8) is 0 Å². The van der Waals surface area contributed by atoms with Crippen molar-refractivity contribution in [1.82, 2.24) is 4.98 Å². The number of hydrogen-bond donors (Lipinski definition) is 2. The molecule has 1 heterocycles. The standard InChI is InChI=1S/C13H9BrN2O4S/c14-8-1-4-10(5-2-8)21(18,19)16-9-3-6-12-11(7-9)15-13(17)20-12/h1-7,16H,(H,15,17). The molecule has 0 radical (unpaired) electrons. The highest BCUT2D eigenvalue weighted by molar-refractivity contribution is 9.10. The van der Waals surface area contributed by atoms with E-state index in [1.807, 2.05) is 0 Å². The van der Waals surface area contributed by atoms with Crippen LogP contribution in [0, 0.1) is 0 Å². The van der Waals surface area contributed by atoms with Gasteiger partial charge in [0.25, 0.3) is 10.0 Å². The van der Waals surface area contributed by atoms with Crippen molar-refractivity contribution < 1.29 is 12.8 Å². The minimum absolute atomic E-state index is 0.145. The second-order valence-corrected chi connectivity index (χ2v) is 6.88. The van der Waals surface area contributed by atoms with Crippen LogP contribution in [0.15, 0.2) is 61.0 Å². The Morgan fingerprint density at radius 2 is 1.81 bits per heavy atom. The number of oxazole rings is 1. The van der Waals surface area contributed by atoms with E-state index in [1.165, 1.54) is 30.3 Å². The third kappa shape index (κ3) is 2.86. The Kier molecular flexibility index (Phi) is 3.34. The number of benzene rings is 2. The summed E-state index contributed by atoms with van der Waals surface area (Å²) in [5, 5.41) is 0. The van der Waals surface area contributed by atoms with Gasteiger partial charge in [-0.2, -0.15) is 0 Å². The number of fused-ring (bicyclic) bond motifs is 1. The molecule has 6 nitrogen and oxygen atoms in total. The summed E-state index contributed by atoms with van der Waals surface area (Å²) < 4.78 is 32.6. The molecule has 1 aromatic heterocycles. The number of aromatic nitrogens is 1. The maximum atomic E-state index is 12.2. The first-order valence-electron chi connectivity index (χ1n) is 5.85. The lowest BCUT2D eigenvalue weighted by molar-refractivity contribution is 0.555. The van der Waals surface area contributed by atoms with Gasteiger partial charge in [-0.1, -0.05) is 15.9 Å². The van der Waals surface area contributed by atoms with Crippen LogP contribution in [0.5, 0.6) is 0 Å². The Labute approximate surface area is 128 Å². The number of halogens is 1. The van der Waals surface area contributed by atoms with Crippen LogP contribution in [-0.2, 0) is 10.0 Å². The molecule has 8 heteroatoms. The van der Waals surface area contributed by atoms with Crippen LogP contribution in [0.2, 0.25) is 0 Å². The summed E-state index contributed by atoms with van der Waals surface area (Å²) in [6.07, 6.45) is 0. The molecule has 2 N–H and O–H groups in total. The van der Waals surface area contributed by atoms with Gasteiger partial charge in [-0.25, -0.2) is 13.2 Å². The van der Waals surface area contributed by atoms with Crippen LogP contribution < -0.4 is 10.5 Å². The zero-order valence-corrected chi connectivity index (χ0v) is 12.9. The van der Waals surface area contributed by atoms with Gasteiger partial charge in [-0.05, 0) is 42.5 Å². The molecule has 0 aliphatic carbocycles. The molecular weight excluding hydrogens is 360 g/mol. The Morgan fingerprint density at radius 1 is 1.10 bits per heavy atom. The predicted molar refractivity (Wildman–Crippen MR) is 81.8 cm³/mol. The maximum absolute atomic E-state index is 12.2. The highest BCUT2D eigenvalue weighted by Crippen LogP contribution is 2.21. The van der Waals surface area contributed by atoms with E-state index in [2.05, 4.69) is 25.6 Å². The fraction of sp³-hybridized carbons (Fsp3) is 0. The number of rotatable bonds is 3. The number of anilines is 1. The van der Waals surface area contributed by atoms with Gasteiger partial charge in [0.05, 0.1) is 16.1 Å². The number of nitrogens with one attached hydrogen (secondary N) is 2. The van der Waals surface area contributed by atoms with Crippen LogP contribution >= 0.6 is 15.9 Å². The third-order valence-electron chi connectivity index (χ3n) is 2.80. The minimum atomic E-state index is -3.69. The van der Waals surface area contributed by atoms with Crippen molar-refractivity contribution >= 4 is 42.7 Å². The van der Waals surface area contributed by atoms with Gasteiger partial charge in [0.1, 0.15) is 0 Å². The monoisotopic (exact) mass is 368 g/mol. The van der Waals surface area contributed by atoms with Gasteiger partial charge in [0.15, 0.2) is 5.58 Å². The van der Waals surface area contributed by atoms with Gasteiger partial charge >= 0.3 is 5.76 Å². The number of sulfonamides is 1. The van der Waals surface area contributed by atoms with Gasteiger partial charge in [-0.15, -0.1) is 0 Å². The second kappa shape index (κ2) is 5.05. The number of aromatic amines is 1. The van der Waals surface area contributed by atoms with Gasteiger partial charge in [-0.3, -0.25) is 9.71 Å². The molecule has 0 aliphatic heterocycles. The Hall–Kier alpha value is -2.06. The molecule has 0 fully saturated rings. The topological polar surface area (TPSA) is 92.2 Å². The average Bonchev–Trinajstić information content (AvgIpc) is 2.78. The molecule has 108 valence electrons. The number of H-pyrrole nitrogens is 1.